The van der Waals surface area contributed by atoms with Crippen molar-refractivity contribution in [3.8, 4) is 16.9 Å². The van der Waals surface area contributed by atoms with Crippen LogP contribution in [0.3, 0.4) is 0 Å². The Morgan fingerprint density at radius 2 is 0.931 bits per heavy atom. The molecule has 4 rings (SSSR count). The second-order valence-corrected chi connectivity index (χ2v) is 5.90. The summed E-state index contributed by atoms with van der Waals surface area (Å²) in [7, 11) is -4.33. The third kappa shape index (κ3) is 6.30. The van der Waals surface area contributed by atoms with Crippen molar-refractivity contribution in [1.82, 2.24) is 0 Å². The molecule has 4 aromatic carbocycles. The number of aromatic hydroxyl groups is 1. The third-order valence-corrected chi connectivity index (χ3v) is 3.97. The highest BCUT2D eigenvalue weighted by Crippen LogP contribution is 2.39. The predicted molar refractivity (Wildman–Crippen MR) is 113 cm³/mol. The lowest BCUT2D eigenvalue weighted by atomic mass is 9.93. The third-order valence-electron chi connectivity index (χ3n) is 3.97. The fourth-order valence-electron chi connectivity index (χ4n) is 2.99. The number of benzene rings is 4. The molecule has 0 saturated carbocycles. The number of hydrogen-bond donors (Lipinski definition) is 7. The van der Waals surface area contributed by atoms with E-state index in [1.807, 2.05) is 36.4 Å². The van der Waals surface area contributed by atoms with E-state index in [1.165, 1.54) is 5.39 Å². The van der Waals surface area contributed by atoms with Gasteiger partial charge in [-0.2, -0.15) is 0 Å². The number of hydrogen-bond acceptors (Lipinski definition) is 7. The van der Waals surface area contributed by atoms with E-state index in [0.29, 0.717) is 5.75 Å². The molecule has 0 aromatic heterocycles. The molecule has 0 aliphatic rings. The van der Waals surface area contributed by atoms with Gasteiger partial charge in [0.2, 0.25) is 0 Å². The summed E-state index contributed by atoms with van der Waals surface area (Å²) in [5, 5.41) is 58.0. The van der Waals surface area contributed by atoms with Crippen LogP contribution in [0.1, 0.15) is 0 Å². The van der Waals surface area contributed by atoms with Gasteiger partial charge in [0.05, 0.1) is 0 Å². The predicted octanol–water partition coefficient (Wildman–Crippen LogP) is 1.26. The van der Waals surface area contributed by atoms with E-state index >= 15 is 0 Å². The van der Waals surface area contributed by atoms with Gasteiger partial charge in [-0.15, -0.1) is 0 Å². The Bertz CT molecular complexity index is 1050. The van der Waals surface area contributed by atoms with Crippen LogP contribution in [0.4, 0.5) is 0 Å². The van der Waals surface area contributed by atoms with Gasteiger partial charge < -0.3 is 35.3 Å². The topological polar surface area (TPSA) is 142 Å². The Kier molecular flexibility index (Phi) is 8.17. The normalized spacial score (nSPS) is 9.86. The summed E-state index contributed by atoms with van der Waals surface area (Å²) in [5.41, 5.74) is 1.98. The van der Waals surface area contributed by atoms with E-state index < -0.39 is 14.6 Å². The molecule has 0 heterocycles. The van der Waals surface area contributed by atoms with E-state index in [4.69, 9.17) is 30.1 Å². The van der Waals surface area contributed by atoms with E-state index in [1.54, 1.807) is 6.07 Å². The van der Waals surface area contributed by atoms with Crippen molar-refractivity contribution in [2.24, 2.45) is 0 Å². The maximum atomic E-state index is 10.4. The van der Waals surface area contributed by atoms with Crippen LogP contribution in [0, 0.1) is 0 Å². The molecule has 29 heavy (non-hydrogen) atoms. The fourth-order valence-corrected chi connectivity index (χ4v) is 2.99. The van der Waals surface area contributed by atoms with Crippen LogP contribution in [0.25, 0.3) is 32.7 Å². The maximum Gasteiger partial charge on any atom is 0.631 e. The molecule has 148 valence electrons. The molecule has 7 N–H and O–H groups in total. The number of rotatable bonds is 1. The second kappa shape index (κ2) is 10.6. The number of phenols is 1. The fraction of sp³-hybridized carbons (Fsp3) is 0. The van der Waals surface area contributed by atoms with Crippen molar-refractivity contribution in [2.45, 2.75) is 0 Å². The zero-order chi connectivity index (χ0) is 21.4. The van der Waals surface area contributed by atoms with Crippen molar-refractivity contribution in [3.63, 3.8) is 0 Å². The second-order valence-electron chi connectivity index (χ2n) is 5.90. The van der Waals surface area contributed by atoms with Crippen LogP contribution in [0.5, 0.6) is 5.75 Å². The highest BCUT2D eigenvalue weighted by atomic mass is 16.5. The monoisotopic (exact) mass is 394 g/mol. The zero-order valence-electron chi connectivity index (χ0n) is 15.3. The highest BCUT2D eigenvalue weighted by Gasteiger charge is 2.11. The molecule has 0 saturated heterocycles. The van der Waals surface area contributed by atoms with E-state index in [-0.39, 0.29) is 0 Å². The lowest BCUT2D eigenvalue weighted by Crippen LogP contribution is -2.07. The molecular weight excluding hydrogens is 374 g/mol. The van der Waals surface area contributed by atoms with E-state index in [2.05, 4.69) is 36.4 Å². The van der Waals surface area contributed by atoms with E-state index in [9.17, 15) is 5.11 Å². The Hall–Kier alpha value is -2.91. The highest BCUT2D eigenvalue weighted by molar-refractivity contribution is 6.30. The minimum atomic E-state index is -2.17. The van der Waals surface area contributed by atoms with Crippen LogP contribution in [0.2, 0.25) is 0 Å². The summed E-state index contributed by atoms with van der Waals surface area (Å²) < 4.78 is 0. The van der Waals surface area contributed by atoms with Crippen LogP contribution < -0.4 is 0 Å². The Balaban J connectivity index is 0.000000324. The Morgan fingerprint density at radius 3 is 1.52 bits per heavy atom. The lowest BCUT2D eigenvalue weighted by Gasteiger charge is -2.12. The Morgan fingerprint density at radius 1 is 0.483 bits per heavy atom. The van der Waals surface area contributed by atoms with Crippen molar-refractivity contribution >= 4 is 36.2 Å². The first kappa shape index (κ1) is 22.4. The number of phenolic OH excluding ortho intramolecular Hbond substituents is 1. The largest absolute Gasteiger partial charge is 0.631 e. The molecule has 4 aromatic rings. The summed E-state index contributed by atoms with van der Waals surface area (Å²) in [6.07, 6.45) is 0. The van der Waals surface area contributed by atoms with E-state index in [0.717, 1.165) is 27.3 Å². The molecule has 0 radical (unpaired) electrons. The van der Waals surface area contributed by atoms with Gasteiger partial charge in [0.1, 0.15) is 5.75 Å². The molecule has 9 heteroatoms. The standard InChI is InChI=1S/C20H14O.2BH3O3/c21-19-13-12-15-7-2-4-10-17(15)20(19)18-11-5-8-14-6-1-3-9-16(14)18;2*2-1(3)4/h1-13,21H;2*2-4H. The molecule has 0 aliphatic heterocycles. The average Bonchev–Trinajstić information content (AvgIpc) is 2.67. The molecule has 0 atom stereocenters. The van der Waals surface area contributed by atoms with Gasteiger partial charge >= 0.3 is 14.6 Å². The molecular formula is C20H20B2O7. The summed E-state index contributed by atoms with van der Waals surface area (Å²) in [6, 6.07) is 26.4. The van der Waals surface area contributed by atoms with Gasteiger partial charge in [-0.05, 0) is 33.2 Å². The van der Waals surface area contributed by atoms with Crippen molar-refractivity contribution in [1.29, 1.82) is 0 Å². The SMILES string of the molecule is OB(O)O.OB(O)O.Oc1ccc2ccccc2c1-c1cccc2ccccc12. The van der Waals surface area contributed by atoms with Crippen molar-refractivity contribution < 1.29 is 35.3 Å². The van der Waals surface area contributed by atoms with Gasteiger partial charge in [0, 0.05) is 5.56 Å². The molecule has 0 aliphatic carbocycles. The first-order valence-corrected chi connectivity index (χ1v) is 8.58. The summed E-state index contributed by atoms with van der Waals surface area (Å²) in [5.74, 6) is 0.324. The van der Waals surface area contributed by atoms with Crippen LogP contribution >= 0.6 is 0 Å². The molecule has 0 spiro atoms. The minimum absolute atomic E-state index is 0.324. The smallest absolute Gasteiger partial charge is 0.507 e. The number of fused-ring (bicyclic) bond motifs is 2. The van der Waals surface area contributed by atoms with Gasteiger partial charge in [0.25, 0.3) is 0 Å². The molecule has 0 amide bonds. The minimum Gasteiger partial charge on any atom is -0.507 e. The first-order chi connectivity index (χ1) is 13.8. The van der Waals surface area contributed by atoms with Crippen LogP contribution in [-0.2, 0) is 0 Å². The van der Waals surface area contributed by atoms with Gasteiger partial charge in [-0.3, -0.25) is 0 Å². The lowest BCUT2D eigenvalue weighted by molar-refractivity contribution is 0.276. The quantitative estimate of drug-likeness (QED) is 0.241. The summed E-state index contributed by atoms with van der Waals surface area (Å²) >= 11 is 0. The molecule has 0 unspecified atom stereocenters. The maximum absolute atomic E-state index is 10.4. The van der Waals surface area contributed by atoms with Crippen molar-refractivity contribution in [3.05, 3.63) is 78.9 Å². The first-order valence-electron chi connectivity index (χ1n) is 8.58. The molecule has 0 bridgehead atoms. The van der Waals surface area contributed by atoms with Crippen LogP contribution in [-0.4, -0.2) is 49.9 Å². The zero-order valence-corrected chi connectivity index (χ0v) is 15.3. The summed E-state index contributed by atoms with van der Waals surface area (Å²) in [4.78, 5) is 0. The van der Waals surface area contributed by atoms with Gasteiger partial charge in [-0.25, -0.2) is 0 Å². The van der Waals surface area contributed by atoms with Crippen molar-refractivity contribution in [2.75, 3.05) is 0 Å². The van der Waals surface area contributed by atoms with Crippen LogP contribution in [0.15, 0.2) is 78.9 Å². The van der Waals surface area contributed by atoms with Gasteiger partial charge in [-0.1, -0.05) is 72.8 Å². The molecule has 7 nitrogen and oxygen atoms in total. The average molecular weight is 394 g/mol. The molecule has 0 fully saturated rings. The Labute approximate surface area is 167 Å². The van der Waals surface area contributed by atoms with Gasteiger partial charge in [0.15, 0.2) is 0 Å². The summed E-state index contributed by atoms with van der Waals surface area (Å²) in [6.45, 7) is 0.